The number of aromatic amines is 1. The van der Waals surface area contributed by atoms with Crippen molar-refractivity contribution in [1.29, 1.82) is 0 Å². The molecule has 3 heterocycles. The van der Waals surface area contributed by atoms with Crippen molar-refractivity contribution in [2.45, 2.75) is 33.0 Å². The van der Waals surface area contributed by atoms with Gasteiger partial charge >= 0.3 is 0 Å². The summed E-state index contributed by atoms with van der Waals surface area (Å²) in [6.45, 7) is 6.05. The predicted molar refractivity (Wildman–Crippen MR) is 134 cm³/mol. The molecule has 0 aliphatic heterocycles. The molecule has 4 aromatic rings. The summed E-state index contributed by atoms with van der Waals surface area (Å²) in [5.74, 6) is 1.32. The number of aromatic nitrogens is 4. The molecule has 1 unspecified atom stereocenters. The summed E-state index contributed by atoms with van der Waals surface area (Å²) in [4.78, 5) is 7.79. The molecule has 0 radical (unpaired) electrons. The van der Waals surface area contributed by atoms with Crippen LogP contribution in [0, 0.1) is 13.8 Å². The molecule has 0 bridgehead atoms. The van der Waals surface area contributed by atoms with E-state index in [0.717, 1.165) is 44.7 Å². The lowest BCUT2D eigenvalue weighted by molar-refractivity contribution is 0.171. The Morgan fingerprint density at radius 1 is 1.15 bits per heavy atom. The molecule has 2 atom stereocenters. The molecule has 8 nitrogen and oxygen atoms in total. The largest absolute Gasteiger partial charge is 0.493 e. The van der Waals surface area contributed by atoms with Gasteiger partial charge in [-0.25, -0.2) is 4.98 Å². The molecule has 0 fully saturated rings. The zero-order valence-electron chi connectivity index (χ0n) is 20.4. The number of fused-ring (bicyclic) bond motifs is 1. The highest BCUT2D eigenvalue weighted by atomic mass is 16.5. The van der Waals surface area contributed by atoms with Gasteiger partial charge in [0.05, 0.1) is 19.9 Å². The van der Waals surface area contributed by atoms with Crippen molar-refractivity contribution >= 4 is 17.1 Å². The fraction of sp³-hybridized carbons (Fsp3) is 0.308. The number of aliphatic hydroxyl groups excluding tert-OH is 1. The topological polar surface area (TPSA) is 97.2 Å². The number of rotatable bonds is 8. The van der Waals surface area contributed by atoms with Gasteiger partial charge in [0, 0.05) is 53.3 Å². The van der Waals surface area contributed by atoms with Crippen molar-refractivity contribution in [3.63, 3.8) is 0 Å². The van der Waals surface area contributed by atoms with Gasteiger partial charge in [0.15, 0.2) is 11.5 Å². The van der Waals surface area contributed by atoms with E-state index in [-0.39, 0.29) is 6.04 Å². The van der Waals surface area contributed by atoms with Crippen molar-refractivity contribution < 1.29 is 14.6 Å². The van der Waals surface area contributed by atoms with Gasteiger partial charge in [-0.2, -0.15) is 5.10 Å². The number of hydrogen-bond donors (Lipinski definition) is 3. The summed E-state index contributed by atoms with van der Waals surface area (Å²) in [6, 6.07) is 7.72. The van der Waals surface area contributed by atoms with Crippen LogP contribution in [0.4, 0.5) is 0 Å². The number of H-pyrrole nitrogens is 1. The van der Waals surface area contributed by atoms with Crippen LogP contribution in [0.3, 0.4) is 0 Å². The summed E-state index contributed by atoms with van der Waals surface area (Å²) in [7, 11) is 5.16. The lowest BCUT2D eigenvalue weighted by atomic mass is 10.0. The van der Waals surface area contributed by atoms with Crippen LogP contribution in [0.1, 0.15) is 35.5 Å². The molecule has 1 aromatic carbocycles. The van der Waals surface area contributed by atoms with E-state index in [0.29, 0.717) is 11.5 Å². The number of methoxy groups -OCH3 is 2. The maximum Gasteiger partial charge on any atom is 0.161 e. The second-order valence-electron chi connectivity index (χ2n) is 8.34. The number of benzene rings is 1. The summed E-state index contributed by atoms with van der Waals surface area (Å²) in [5.41, 5.74) is 6.90. The third kappa shape index (κ3) is 4.55. The molecule has 178 valence electrons. The van der Waals surface area contributed by atoms with Crippen molar-refractivity contribution in [2.75, 3.05) is 14.2 Å². The number of nitrogens with zero attached hydrogens (tertiary/aromatic N) is 3. The summed E-state index contributed by atoms with van der Waals surface area (Å²) < 4.78 is 12.6. The van der Waals surface area contributed by atoms with Gasteiger partial charge in [0.1, 0.15) is 11.9 Å². The van der Waals surface area contributed by atoms with Gasteiger partial charge in [-0.3, -0.25) is 10.00 Å². The van der Waals surface area contributed by atoms with Crippen LogP contribution >= 0.6 is 0 Å². The van der Waals surface area contributed by atoms with Gasteiger partial charge in [-0.15, -0.1) is 0 Å². The van der Waals surface area contributed by atoms with E-state index in [1.807, 2.05) is 62.2 Å². The Bertz CT molecular complexity index is 1340. The monoisotopic (exact) mass is 461 g/mol. The molecule has 4 rings (SSSR count). The van der Waals surface area contributed by atoms with E-state index >= 15 is 0 Å². The van der Waals surface area contributed by atoms with Gasteiger partial charge in [0.2, 0.25) is 0 Å². The van der Waals surface area contributed by atoms with Gasteiger partial charge in [0.25, 0.3) is 0 Å². The van der Waals surface area contributed by atoms with Crippen LogP contribution in [0.5, 0.6) is 11.5 Å². The molecule has 0 spiro atoms. The summed E-state index contributed by atoms with van der Waals surface area (Å²) in [5, 5.41) is 19.3. The molecule has 0 saturated heterocycles. The Labute approximate surface area is 199 Å². The quantitative estimate of drug-likeness (QED) is 0.339. The lowest BCUT2D eigenvalue weighted by Crippen LogP contribution is -2.29. The average molecular weight is 462 g/mol. The highest BCUT2D eigenvalue weighted by Crippen LogP contribution is 2.31. The predicted octanol–water partition coefficient (Wildman–Crippen LogP) is 4.28. The van der Waals surface area contributed by atoms with Crippen LogP contribution < -0.4 is 14.8 Å². The van der Waals surface area contributed by atoms with E-state index < -0.39 is 6.23 Å². The van der Waals surface area contributed by atoms with E-state index in [1.54, 1.807) is 20.3 Å². The third-order valence-electron chi connectivity index (χ3n) is 6.15. The minimum Gasteiger partial charge on any atom is -0.493 e. The summed E-state index contributed by atoms with van der Waals surface area (Å²) >= 11 is 0. The first-order valence-corrected chi connectivity index (χ1v) is 11.1. The number of aryl methyl sites for hydroxylation is 2. The molecule has 3 aromatic heterocycles. The zero-order chi connectivity index (χ0) is 24.4. The minimum absolute atomic E-state index is 0.104. The maximum atomic E-state index is 10.6. The normalized spacial score (nSPS) is 13.5. The first-order chi connectivity index (χ1) is 16.3. The second kappa shape index (κ2) is 9.70. The first kappa shape index (κ1) is 23.5. The van der Waals surface area contributed by atoms with Crippen LogP contribution in [-0.4, -0.2) is 45.3 Å². The van der Waals surface area contributed by atoms with Crippen molar-refractivity contribution in [3.8, 4) is 22.6 Å². The molecule has 3 N–H and O–H groups in total. The van der Waals surface area contributed by atoms with E-state index in [9.17, 15) is 5.11 Å². The molecule has 34 heavy (non-hydrogen) atoms. The first-order valence-electron chi connectivity index (χ1n) is 11.1. The zero-order valence-corrected chi connectivity index (χ0v) is 20.4. The minimum atomic E-state index is -0.841. The van der Waals surface area contributed by atoms with Crippen LogP contribution in [0.15, 0.2) is 42.7 Å². The molecule has 0 amide bonds. The van der Waals surface area contributed by atoms with E-state index in [4.69, 9.17) is 9.47 Å². The average Bonchev–Trinajstić information content (AvgIpc) is 3.35. The number of pyridine rings is 1. The Hall–Kier alpha value is -3.62. The number of aliphatic hydroxyl groups is 1. The van der Waals surface area contributed by atoms with E-state index in [2.05, 4.69) is 33.4 Å². The van der Waals surface area contributed by atoms with E-state index in [1.165, 1.54) is 0 Å². The molecule has 8 heteroatoms. The van der Waals surface area contributed by atoms with Crippen molar-refractivity contribution in [2.24, 2.45) is 7.05 Å². The molecule has 0 saturated carbocycles. The molecule has 0 aliphatic carbocycles. The second-order valence-corrected chi connectivity index (χ2v) is 8.34. The van der Waals surface area contributed by atoms with Crippen LogP contribution in [-0.2, 0) is 7.05 Å². The van der Waals surface area contributed by atoms with Crippen LogP contribution in [0.25, 0.3) is 28.2 Å². The highest BCUT2D eigenvalue weighted by Gasteiger charge is 2.15. The molecular formula is C26H31N5O3. The Morgan fingerprint density at radius 2 is 1.91 bits per heavy atom. The molecular weight excluding hydrogens is 430 g/mol. The smallest absolute Gasteiger partial charge is 0.161 e. The van der Waals surface area contributed by atoms with Gasteiger partial charge < -0.3 is 19.6 Å². The number of ether oxygens (including phenoxy) is 2. The number of hydrogen-bond acceptors (Lipinski definition) is 6. The Balaban J connectivity index is 1.53. The van der Waals surface area contributed by atoms with Crippen molar-refractivity contribution in [3.05, 3.63) is 65.2 Å². The Kier molecular flexibility index (Phi) is 6.72. The fourth-order valence-electron chi connectivity index (χ4n) is 4.21. The highest BCUT2D eigenvalue weighted by molar-refractivity contribution is 5.90. The SMILES string of the molecule is COc1ccc([C@@H](C)NC(O)/C=C/c2c[nH]c3ncc(-c4c(C)nn(C)c4C)cc23)cc1OC. The molecule has 0 aliphatic rings. The van der Waals surface area contributed by atoms with Gasteiger partial charge in [-0.1, -0.05) is 12.1 Å². The van der Waals surface area contributed by atoms with Gasteiger partial charge in [-0.05, 0) is 50.6 Å². The standard InChI is InChI=1S/C26H31N5O3/c1-15(18-7-9-22(33-5)23(12-18)34-6)29-24(32)10-8-19-13-27-26-21(19)11-20(14-28-26)25-16(2)30-31(4)17(25)3/h7-15,24,29,32H,1-6H3,(H,27,28)/b10-8+/t15-,24?/m1/s1. The fourth-order valence-corrected chi connectivity index (χ4v) is 4.21. The summed E-state index contributed by atoms with van der Waals surface area (Å²) in [6.07, 6.45) is 6.54. The number of nitrogens with one attached hydrogen (secondary N) is 2. The lowest BCUT2D eigenvalue weighted by Gasteiger charge is -2.18. The third-order valence-corrected chi connectivity index (χ3v) is 6.15. The van der Waals surface area contributed by atoms with Crippen molar-refractivity contribution in [1.82, 2.24) is 25.1 Å². The Morgan fingerprint density at radius 3 is 2.59 bits per heavy atom. The maximum absolute atomic E-state index is 10.6. The van der Waals surface area contributed by atoms with Crippen LogP contribution in [0.2, 0.25) is 0 Å².